The molecule has 0 heterocycles. The highest BCUT2D eigenvalue weighted by Gasteiger charge is 2.33. The zero-order valence-corrected chi connectivity index (χ0v) is 20.7. The van der Waals surface area contributed by atoms with Crippen molar-refractivity contribution in [2.45, 2.75) is 52.7 Å². The predicted octanol–water partition coefficient (Wildman–Crippen LogP) is 5.34. The number of phenols is 1. The molecule has 1 fully saturated rings. The lowest BCUT2D eigenvalue weighted by Gasteiger charge is -2.38. The van der Waals surface area contributed by atoms with Crippen LogP contribution in [0.3, 0.4) is 0 Å². The summed E-state index contributed by atoms with van der Waals surface area (Å²) in [5.41, 5.74) is 1.48. The van der Waals surface area contributed by atoms with E-state index >= 15 is 0 Å². The maximum atomic E-state index is 12.6. The summed E-state index contributed by atoms with van der Waals surface area (Å²) in [6.45, 7) is 6.84. The summed E-state index contributed by atoms with van der Waals surface area (Å²) in [4.78, 5) is 23.1. The molecule has 0 bridgehead atoms. The normalized spacial score (nSPS) is 19.9. The Bertz CT molecular complexity index is 1040. The van der Waals surface area contributed by atoms with Crippen LogP contribution in [0.1, 0.15) is 45.6 Å². The van der Waals surface area contributed by atoms with Crippen molar-refractivity contribution in [2.24, 2.45) is 17.8 Å². The Morgan fingerprint density at radius 1 is 1.23 bits per heavy atom. The minimum atomic E-state index is -0.509. The Kier molecular flexibility index (Phi) is 8.92. The van der Waals surface area contributed by atoms with E-state index in [0.717, 1.165) is 12.8 Å². The summed E-state index contributed by atoms with van der Waals surface area (Å²) in [6.07, 6.45) is 3.38. The van der Waals surface area contributed by atoms with E-state index in [4.69, 9.17) is 9.47 Å². The molecule has 3 atom stereocenters. The van der Waals surface area contributed by atoms with Gasteiger partial charge < -0.3 is 25.2 Å². The number of carbonyl (C=O) groups excluding carboxylic acids is 1. The predicted molar refractivity (Wildman–Crippen MR) is 135 cm³/mol. The zero-order chi connectivity index (χ0) is 25.5. The topological polar surface area (TPSA) is 123 Å². The third-order valence-corrected chi connectivity index (χ3v) is 6.67. The first-order valence-electron chi connectivity index (χ1n) is 12.0. The number of ether oxygens (including phenoxy) is 2. The van der Waals surface area contributed by atoms with Crippen LogP contribution in [0.2, 0.25) is 0 Å². The second-order valence-corrected chi connectivity index (χ2v) is 9.47. The van der Waals surface area contributed by atoms with E-state index in [9.17, 15) is 20.0 Å². The number of methoxy groups -OCH3 is 1. The summed E-state index contributed by atoms with van der Waals surface area (Å²) in [7, 11) is 1.51. The van der Waals surface area contributed by atoms with Gasteiger partial charge in [0.25, 0.3) is 5.69 Å². The number of rotatable bonds is 10. The van der Waals surface area contributed by atoms with Crippen LogP contribution in [0, 0.1) is 27.9 Å². The Morgan fingerprint density at radius 2 is 2.00 bits per heavy atom. The molecule has 0 spiro atoms. The number of hydrogen-bond acceptors (Lipinski definition) is 7. The highest BCUT2D eigenvalue weighted by atomic mass is 16.6. The molecule has 1 aliphatic carbocycles. The largest absolute Gasteiger partial charge is 0.508 e. The fourth-order valence-corrected chi connectivity index (χ4v) is 4.97. The molecule has 1 aliphatic rings. The third-order valence-electron chi connectivity index (χ3n) is 6.67. The summed E-state index contributed by atoms with van der Waals surface area (Å²) >= 11 is 0. The molecule has 0 aromatic heterocycles. The third kappa shape index (κ3) is 6.85. The molecule has 35 heavy (non-hydrogen) atoms. The average Bonchev–Trinajstić information content (AvgIpc) is 2.82. The van der Waals surface area contributed by atoms with Crippen LogP contribution in [0.5, 0.6) is 11.5 Å². The highest BCUT2D eigenvalue weighted by Crippen LogP contribution is 2.37. The van der Waals surface area contributed by atoms with E-state index in [1.165, 1.54) is 31.7 Å². The summed E-state index contributed by atoms with van der Waals surface area (Å²) in [6, 6.07) is 9.05. The van der Waals surface area contributed by atoms with E-state index in [0.29, 0.717) is 40.4 Å². The molecule has 0 aliphatic heterocycles. The number of carbonyl (C=O) groups is 1. The lowest BCUT2D eigenvalue weighted by atomic mass is 9.72. The summed E-state index contributed by atoms with van der Waals surface area (Å²) < 4.78 is 11.5. The number of nitro benzene ring substituents is 1. The fraction of sp³-hybridized carbons (Fsp3) is 0.500. The van der Waals surface area contributed by atoms with Gasteiger partial charge in [0.2, 0.25) is 5.91 Å². The van der Waals surface area contributed by atoms with Crippen molar-refractivity contribution in [2.75, 3.05) is 24.4 Å². The van der Waals surface area contributed by atoms with Crippen LogP contribution < -0.4 is 15.4 Å². The second kappa shape index (κ2) is 11.9. The molecule has 9 nitrogen and oxygen atoms in total. The number of aromatic hydroxyl groups is 1. The Balaban J connectivity index is 1.59. The molecule has 3 rings (SSSR count). The van der Waals surface area contributed by atoms with Gasteiger partial charge in [-0.25, -0.2) is 0 Å². The summed E-state index contributed by atoms with van der Waals surface area (Å²) in [5.74, 6) is 1.71. The van der Waals surface area contributed by atoms with Crippen LogP contribution in [0.25, 0.3) is 0 Å². The number of nitrogens with zero attached hydrogens (tertiary/aromatic N) is 1. The van der Waals surface area contributed by atoms with Gasteiger partial charge in [0.1, 0.15) is 18.1 Å². The van der Waals surface area contributed by atoms with Crippen LogP contribution in [0.15, 0.2) is 36.4 Å². The molecule has 0 saturated heterocycles. The van der Waals surface area contributed by atoms with Crippen LogP contribution >= 0.6 is 0 Å². The molecular formula is C26H35N3O6. The average molecular weight is 486 g/mol. The molecule has 1 amide bonds. The Labute approximate surface area is 206 Å². The zero-order valence-electron chi connectivity index (χ0n) is 20.7. The number of non-ortho nitro benzene ring substituents is 1. The van der Waals surface area contributed by atoms with E-state index in [-0.39, 0.29) is 36.6 Å². The molecular weight excluding hydrogens is 450 g/mol. The summed E-state index contributed by atoms with van der Waals surface area (Å²) in [5, 5.41) is 27.0. The van der Waals surface area contributed by atoms with Gasteiger partial charge in [-0.3, -0.25) is 14.9 Å². The van der Waals surface area contributed by atoms with Crippen molar-refractivity contribution >= 4 is 23.0 Å². The molecule has 190 valence electrons. The van der Waals surface area contributed by atoms with Crippen molar-refractivity contribution < 1.29 is 24.3 Å². The van der Waals surface area contributed by atoms with E-state index in [2.05, 4.69) is 31.4 Å². The molecule has 2 aromatic carbocycles. The highest BCUT2D eigenvalue weighted by molar-refractivity contribution is 5.93. The van der Waals surface area contributed by atoms with Gasteiger partial charge >= 0.3 is 0 Å². The van der Waals surface area contributed by atoms with Gasteiger partial charge in [-0.05, 0) is 42.4 Å². The van der Waals surface area contributed by atoms with Crippen molar-refractivity contribution in [3.63, 3.8) is 0 Å². The first kappa shape index (κ1) is 26.3. The molecule has 1 saturated carbocycles. The van der Waals surface area contributed by atoms with Crippen molar-refractivity contribution in [3.05, 3.63) is 52.1 Å². The Morgan fingerprint density at radius 3 is 2.69 bits per heavy atom. The fourth-order valence-electron chi connectivity index (χ4n) is 4.97. The number of nitrogens with one attached hydrogen (secondary N) is 2. The van der Waals surface area contributed by atoms with Gasteiger partial charge in [0, 0.05) is 36.0 Å². The SMILES string of the molecule is COc1cc(NCc2cc([N+](=O)[O-])ccc2O)ccc1NC(=O)COC1CCCC(C)C1C(C)C. The molecule has 0 radical (unpaired) electrons. The molecule has 9 heteroatoms. The molecule has 3 unspecified atom stereocenters. The number of amides is 1. The van der Waals surface area contributed by atoms with Crippen LogP contribution in [0.4, 0.5) is 17.1 Å². The number of anilines is 2. The van der Waals surface area contributed by atoms with Gasteiger partial charge in [0.05, 0.1) is 23.8 Å². The minimum Gasteiger partial charge on any atom is -0.508 e. The monoisotopic (exact) mass is 485 g/mol. The molecule has 2 aromatic rings. The standard InChI is InChI=1S/C26H35N3O6/c1-16(2)26-17(3)6-5-7-23(26)35-15-25(31)28-21-10-8-19(13-24(21)34-4)27-14-18-12-20(29(32)33)9-11-22(18)30/h8-13,16-17,23,26-27,30H,5-7,14-15H2,1-4H3,(H,28,31). The van der Waals surface area contributed by atoms with Gasteiger partial charge in [0.15, 0.2) is 0 Å². The number of nitro groups is 1. The van der Waals surface area contributed by atoms with Crippen molar-refractivity contribution in [3.8, 4) is 11.5 Å². The number of hydrogen-bond donors (Lipinski definition) is 3. The van der Waals surface area contributed by atoms with Crippen LogP contribution in [-0.2, 0) is 16.1 Å². The number of benzene rings is 2. The first-order valence-corrected chi connectivity index (χ1v) is 12.0. The lowest BCUT2D eigenvalue weighted by molar-refractivity contribution is -0.384. The second-order valence-electron chi connectivity index (χ2n) is 9.47. The Hall–Kier alpha value is -3.33. The van der Waals surface area contributed by atoms with Gasteiger partial charge in [-0.2, -0.15) is 0 Å². The lowest BCUT2D eigenvalue weighted by Crippen LogP contribution is -2.38. The van der Waals surface area contributed by atoms with Crippen molar-refractivity contribution in [1.29, 1.82) is 0 Å². The molecule has 3 N–H and O–H groups in total. The van der Waals surface area contributed by atoms with E-state index in [1.54, 1.807) is 18.2 Å². The van der Waals surface area contributed by atoms with Gasteiger partial charge in [-0.1, -0.05) is 33.6 Å². The maximum Gasteiger partial charge on any atom is 0.270 e. The minimum absolute atomic E-state index is 0.0180. The first-order chi connectivity index (χ1) is 16.7. The smallest absolute Gasteiger partial charge is 0.270 e. The van der Waals surface area contributed by atoms with Crippen LogP contribution in [-0.4, -0.2) is 35.8 Å². The van der Waals surface area contributed by atoms with Gasteiger partial charge in [-0.15, -0.1) is 0 Å². The quantitative estimate of drug-likeness (QED) is 0.307. The maximum absolute atomic E-state index is 12.6. The number of phenolic OH excluding ortho intramolecular Hbond substituents is 1. The van der Waals surface area contributed by atoms with E-state index in [1.807, 2.05) is 0 Å². The van der Waals surface area contributed by atoms with Crippen molar-refractivity contribution in [1.82, 2.24) is 0 Å². The van der Waals surface area contributed by atoms with E-state index < -0.39 is 4.92 Å².